The topological polar surface area (TPSA) is 109 Å². The van der Waals surface area contributed by atoms with Crippen LogP contribution in [0.15, 0.2) is 58.8 Å². The van der Waals surface area contributed by atoms with E-state index in [1.165, 1.54) is 47.7 Å². The van der Waals surface area contributed by atoms with Crippen molar-refractivity contribution in [2.75, 3.05) is 6.54 Å². The molecular formula is C19H14FN3O4S2. The van der Waals surface area contributed by atoms with E-state index >= 15 is 0 Å². The number of carbonyl (C=O) groups excluding carboxylic acids is 1. The molecule has 7 nitrogen and oxygen atoms in total. The highest BCUT2D eigenvalue weighted by atomic mass is 32.2. The fourth-order valence-corrected chi connectivity index (χ4v) is 4.03. The zero-order valence-electron chi connectivity index (χ0n) is 14.8. The number of nitriles is 1. The lowest BCUT2D eigenvalue weighted by atomic mass is 10.2. The fourth-order valence-electron chi connectivity index (χ4n) is 2.25. The Labute approximate surface area is 170 Å². The molecule has 1 N–H and O–H groups in total. The third kappa shape index (κ3) is 5.45. The van der Waals surface area contributed by atoms with Crippen LogP contribution in [-0.2, 0) is 26.2 Å². The van der Waals surface area contributed by atoms with E-state index in [9.17, 15) is 17.6 Å². The molecule has 0 spiro atoms. The third-order valence-corrected chi connectivity index (χ3v) is 6.08. The van der Waals surface area contributed by atoms with Crippen molar-refractivity contribution in [2.24, 2.45) is 0 Å². The second-order valence-electron chi connectivity index (χ2n) is 5.77. The summed E-state index contributed by atoms with van der Waals surface area (Å²) in [6, 6.07) is 13.0. The maximum Gasteiger partial charge on any atom is 0.321 e. The predicted octanol–water partition coefficient (Wildman–Crippen LogP) is 2.84. The first-order valence-electron chi connectivity index (χ1n) is 8.23. The van der Waals surface area contributed by atoms with Gasteiger partial charge in [-0.25, -0.2) is 17.8 Å². The number of nitrogens with one attached hydrogen (secondary N) is 1. The molecule has 3 aromatic rings. The number of nitrogens with zero attached hydrogens (tertiary/aromatic N) is 2. The third-order valence-electron chi connectivity index (χ3n) is 3.72. The molecule has 0 amide bonds. The van der Waals surface area contributed by atoms with E-state index in [2.05, 4.69) is 9.71 Å². The number of hydrogen-bond donors (Lipinski definition) is 1. The smallest absolute Gasteiger partial charge is 0.321 e. The summed E-state index contributed by atoms with van der Waals surface area (Å²) in [5, 5.41) is 11.1. The van der Waals surface area contributed by atoms with Gasteiger partial charge < -0.3 is 4.74 Å². The fraction of sp³-hybridized carbons (Fsp3) is 0.105. The van der Waals surface area contributed by atoms with Crippen LogP contribution in [0.2, 0.25) is 0 Å². The first-order valence-corrected chi connectivity index (χ1v) is 10.6. The molecule has 0 fully saturated rings. The molecule has 0 aliphatic rings. The Morgan fingerprint density at radius 1 is 1.17 bits per heavy atom. The van der Waals surface area contributed by atoms with E-state index in [-0.39, 0.29) is 17.3 Å². The van der Waals surface area contributed by atoms with Crippen LogP contribution in [0.5, 0.6) is 0 Å². The molecule has 0 bridgehead atoms. The lowest BCUT2D eigenvalue weighted by molar-refractivity contribution is -0.143. The van der Waals surface area contributed by atoms with Crippen LogP contribution in [0.25, 0.3) is 10.6 Å². The molecule has 0 saturated carbocycles. The zero-order valence-corrected chi connectivity index (χ0v) is 16.5. The van der Waals surface area contributed by atoms with E-state index in [0.717, 1.165) is 5.56 Å². The number of aromatic nitrogens is 1. The molecule has 29 heavy (non-hydrogen) atoms. The molecule has 1 heterocycles. The molecule has 0 unspecified atom stereocenters. The zero-order chi connectivity index (χ0) is 20.9. The number of esters is 1. The monoisotopic (exact) mass is 431 g/mol. The van der Waals surface area contributed by atoms with Crippen molar-refractivity contribution >= 4 is 27.3 Å². The standard InChI is InChI=1S/C19H14FN3O4S2/c20-15-5-3-14(4-6-15)19-23-16(12-28-19)11-27-18(24)10-22-29(25,26)17-7-1-13(9-21)2-8-17/h1-8,12,22H,10-11H2. The SMILES string of the molecule is N#Cc1ccc(S(=O)(=O)NCC(=O)OCc2csc(-c3ccc(F)cc3)n2)cc1. The van der Waals surface area contributed by atoms with E-state index in [1.807, 2.05) is 6.07 Å². The number of sulfonamides is 1. The molecule has 2 aromatic carbocycles. The van der Waals surface area contributed by atoms with Crippen LogP contribution in [0, 0.1) is 17.1 Å². The molecule has 148 valence electrons. The van der Waals surface area contributed by atoms with Gasteiger partial charge in [-0.05, 0) is 48.5 Å². The Morgan fingerprint density at radius 3 is 2.52 bits per heavy atom. The van der Waals surface area contributed by atoms with Crippen molar-refractivity contribution < 1.29 is 22.3 Å². The van der Waals surface area contributed by atoms with E-state index in [1.54, 1.807) is 17.5 Å². The van der Waals surface area contributed by atoms with Crippen LogP contribution >= 0.6 is 11.3 Å². The average molecular weight is 431 g/mol. The van der Waals surface area contributed by atoms with Gasteiger partial charge in [-0.1, -0.05) is 0 Å². The minimum atomic E-state index is -3.90. The molecule has 0 aliphatic heterocycles. The minimum Gasteiger partial charge on any atom is -0.458 e. The van der Waals surface area contributed by atoms with Gasteiger partial charge in [-0.15, -0.1) is 11.3 Å². The first kappa shape index (κ1) is 20.6. The number of halogens is 1. The average Bonchev–Trinajstić information content (AvgIpc) is 3.20. The maximum atomic E-state index is 13.0. The van der Waals surface area contributed by atoms with Gasteiger partial charge >= 0.3 is 5.97 Å². The number of ether oxygens (including phenoxy) is 1. The second-order valence-corrected chi connectivity index (χ2v) is 8.40. The van der Waals surface area contributed by atoms with Gasteiger partial charge in [-0.3, -0.25) is 4.79 Å². The van der Waals surface area contributed by atoms with Crippen molar-refractivity contribution in [3.8, 4) is 16.6 Å². The predicted molar refractivity (Wildman–Crippen MR) is 104 cm³/mol. The van der Waals surface area contributed by atoms with Gasteiger partial charge in [-0.2, -0.15) is 9.98 Å². The first-order chi connectivity index (χ1) is 13.9. The second kappa shape index (κ2) is 8.91. The van der Waals surface area contributed by atoms with Crippen LogP contribution in [0.1, 0.15) is 11.3 Å². The van der Waals surface area contributed by atoms with Crippen LogP contribution in [0.3, 0.4) is 0 Å². The summed E-state index contributed by atoms with van der Waals surface area (Å²) in [6.45, 7) is -0.660. The summed E-state index contributed by atoms with van der Waals surface area (Å²) in [5.41, 5.74) is 1.56. The molecule has 3 rings (SSSR count). The van der Waals surface area contributed by atoms with Crippen molar-refractivity contribution in [1.82, 2.24) is 9.71 Å². The molecular weight excluding hydrogens is 417 g/mol. The Kier molecular flexibility index (Phi) is 6.33. The quantitative estimate of drug-likeness (QED) is 0.576. The lowest BCUT2D eigenvalue weighted by Crippen LogP contribution is -2.30. The number of hydrogen-bond acceptors (Lipinski definition) is 7. The van der Waals surface area contributed by atoms with Crippen LogP contribution in [0.4, 0.5) is 4.39 Å². The molecule has 0 saturated heterocycles. The molecule has 10 heteroatoms. The number of thiazole rings is 1. The van der Waals surface area contributed by atoms with Gasteiger partial charge in [0.2, 0.25) is 10.0 Å². The van der Waals surface area contributed by atoms with Crippen molar-refractivity contribution in [2.45, 2.75) is 11.5 Å². The molecule has 0 radical (unpaired) electrons. The van der Waals surface area contributed by atoms with Gasteiger partial charge in [0.15, 0.2) is 0 Å². The number of benzene rings is 2. The number of rotatable bonds is 7. The van der Waals surface area contributed by atoms with Crippen LogP contribution in [-0.4, -0.2) is 25.9 Å². The highest BCUT2D eigenvalue weighted by Gasteiger charge is 2.16. The number of carbonyl (C=O) groups is 1. The summed E-state index contributed by atoms with van der Waals surface area (Å²) >= 11 is 1.32. The maximum absolute atomic E-state index is 13.0. The Balaban J connectivity index is 1.52. The van der Waals surface area contributed by atoms with E-state index < -0.39 is 22.5 Å². The van der Waals surface area contributed by atoms with Gasteiger partial charge in [0, 0.05) is 10.9 Å². The summed E-state index contributed by atoms with van der Waals surface area (Å²) in [4.78, 5) is 16.1. The molecule has 1 aromatic heterocycles. The summed E-state index contributed by atoms with van der Waals surface area (Å²) < 4.78 is 44.5. The van der Waals surface area contributed by atoms with E-state index in [4.69, 9.17) is 10.00 Å². The van der Waals surface area contributed by atoms with Crippen LogP contribution < -0.4 is 4.72 Å². The Bertz CT molecular complexity index is 1150. The highest BCUT2D eigenvalue weighted by Crippen LogP contribution is 2.24. The Morgan fingerprint density at radius 2 is 1.86 bits per heavy atom. The van der Waals surface area contributed by atoms with Gasteiger partial charge in [0.05, 0.1) is 22.2 Å². The van der Waals surface area contributed by atoms with Crippen molar-refractivity contribution in [3.05, 3.63) is 71.0 Å². The van der Waals surface area contributed by atoms with Crippen molar-refractivity contribution in [1.29, 1.82) is 5.26 Å². The molecule has 0 atom stereocenters. The summed E-state index contributed by atoms with van der Waals surface area (Å²) in [6.07, 6.45) is 0. The summed E-state index contributed by atoms with van der Waals surface area (Å²) in [5.74, 6) is -1.11. The van der Waals surface area contributed by atoms with Gasteiger partial charge in [0.1, 0.15) is 24.0 Å². The minimum absolute atomic E-state index is 0.0623. The molecule has 0 aliphatic carbocycles. The Hall–Kier alpha value is -3.13. The lowest BCUT2D eigenvalue weighted by Gasteiger charge is -2.07. The highest BCUT2D eigenvalue weighted by molar-refractivity contribution is 7.89. The van der Waals surface area contributed by atoms with E-state index in [0.29, 0.717) is 16.3 Å². The largest absolute Gasteiger partial charge is 0.458 e. The van der Waals surface area contributed by atoms with Crippen molar-refractivity contribution in [3.63, 3.8) is 0 Å². The normalized spacial score (nSPS) is 11.0. The summed E-state index contributed by atoms with van der Waals surface area (Å²) in [7, 11) is -3.90. The van der Waals surface area contributed by atoms with Gasteiger partial charge in [0.25, 0.3) is 0 Å².